The Morgan fingerprint density at radius 2 is 1.77 bits per heavy atom. The van der Waals surface area contributed by atoms with Gasteiger partial charge in [0.25, 0.3) is 0 Å². The summed E-state index contributed by atoms with van der Waals surface area (Å²) in [5.41, 5.74) is 2.52. The number of anilines is 1. The second kappa shape index (κ2) is 9.90. The summed E-state index contributed by atoms with van der Waals surface area (Å²) >= 11 is 12.6. The van der Waals surface area contributed by atoms with Gasteiger partial charge in [-0.2, -0.15) is 0 Å². The van der Waals surface area contributed by atoms with Crippen molar-refractivity contribution >= 4 is 34.8 Å². The Balaban J connectivity index is 2.11. The summed E-state index contributed by atoms with van der Waals surface area (Å²) in [5.74, 6) is 1.23. The van der Waals surface area contributed by atoms with E-state index in [-0.39, 0.29) is 11.9 Å². The standard InChI is InChI=1S/C23H28Cl2N2O3/c1-15-19(9-8-18(24)23(15)25)27(16(2)28)20(14-26-11-5-6-12-26)17-7-10-21(29-3)22(13-17)30-4/h7-10,13,20H,5-6,11-12,14H2,1-4H3. The molecule has 0 aliphatic carbocycles. The Hall–Kier alpha value is -1.95. The number of nitrogens with zero attached hydrogens (tertiary/aromatic N) is 2. The van der Waals surface area contributed by atoms with Crippen molar-refractivity contribution < 1.29 is 14.3 Å². The third-order valence-electron chi connectivity index (χ3n) is 5.64. The topological polar surface area (TPSA) is 42.0 Å². The zero-order valence-electron chi connectivity index (χ0n) is 17.9. The Labute approximate surface area is 188 Å². The molecule has 0 N–H and O–H groups in total. The molecular formula is C23H28Cl2N2O3. The van der Waals surface area contributed by atoms with Gasteiger partial charge in [-0.1, -0.05) is 29.3 Å². The molecule has 1 amide bonds. The lowest BCUT2D eigenvalue weighted by atomic mass is 10.0. The molecular weight excluding hydrogens is 423 g/mol. The van der Waals surface area contributed by atoms with E-state index in [1.54, 1.807) is 27.2 Å². The molecule has 5 nitrogen and oxygen atoms in total. The van der Waals surface area contributed by atoms with Gasteiger partial charge in [-0.05, 0) is 68.2 Å². The Morgan fingerprint density at radius 1 is 1.10 bits per heavy atom. The molecule has 1 saturated heterocycles. The van der Waals surface area contributed by atoms with Crippen molar-refractivity contribution in [2.45, 2.75) is 32.7 Å². The highest BCUT2D eigenvalue weighted by molar-refractivity contribution is 6.42. The summed E-state index contributed by atoms with van der Waals surface area (Å²) in [6.45, 7) is 6.24. The molecule has 0 saturated carbocycles. The molecule has 7 heteroatoms. The maximum absolute atomic E-state index is 12.9. The zero-order valence-corrected chi connectivity index (χ0v) is 19.4. The van der Waals surface area contributed by atoms with Crippen molar-refractivity contribution in [2.24, 2.45) is 0 Å². The fourth-order valence-corrected chi connectivity index (χ4v) is 4.43. The highest BCUT2D eigenvalue weighted by atomic mass is 35.5. The summed E-state index contributed by atoms with van der Waals surface area (Å²) < 4.78 is 10.9. The van der Waals surface area contributed by atoms with Gasteiger partial charge in [-0.25, -0.2) is 0 Å². The molecule has 3 rings (SSSR count). The van der Waals surface area contributed by atoms with Crippen LogP contribution in [-0.4, -0.2) is 44.7 Å². The third kappa shape index (κ3) is 4.69. The highest BCUT2D eigenvalue weighted by Gasteiger charge is 2.30. The van der Waals surface area contributed by atoms with E-state index in [1.807, 2.05) is 36.1 Å². The van der Waals surface area contributed by atoms with Gasteiger partial charge in [0.2, 0.25) is 5.91 Å². The first-order valence-electron chi connectivity index (χ1n) is 10.1. The summed E-state index contributed by atoms with van der Waals surface area (Å²) in [4.78, 5) is 17.1. The van der Waals surface area contributed by atoms with Crippen molar-refractivity contribution in [3.8, 4) is 11.5 Å². The number of rotatable bonds is 7. The van der Waals surface area contributed by atoms with Crippen LogP contribution in [0.15, 0.2) is 30.3 Å². The minimum absolute atomic E-state index is 0.0597. The van der Waals surface area contributed by atoms with Crippen molar-refractivity contribution in [1.82, 2.24) is 4.90 Å². The van der Waals surface area contributed by atoms with Crippen LogP contribution in [0.25, 0.3) is 0 Å². The fourth-order valence-electron chi connectivity index (χ4n) is 4.07. The number of hydrogen-bond donors (Lipinski definition) is 0. The summed E-state index contributed by atoms with van der Waals surface area (Å²) in [5, 5.41) is 0.941. The SMILES string of the molecule is COc1ccc(C(CN2CCCC2)N(C(C)=O)c2ccc(Cl)c(Cl)c2C)cc1OC. The lowest BCUT2D eigenvalue weighted by molar-refractivity contribution is -0.117. The molecule has 2 aromatic carbocycles. The number of ether oxygens (including phenoxy) is 2. The monoisotopic (exact) mass is 450 g/mol. The van der Waals surface area contributed by atoms with Gasteiger partial charge in [-0.15, -0.1) is 0 Å². The van der Waals surface area contributed by atoms with Crippen LogP contribution in [0.1, 0.15) is 36.9 Å². The maximum atomic E-state index is 12.9. The van der Waals surface area contributed by atoms with Gasteiger partial charge in [0.15, 0.2) is 11.5 Å². The third-order valence-corrected chi connectivity index (χ3v) is 6.54. The van der Waals surface area contributed by atoms with Crippen LogP contribution in [0.5, 0.6) is 11.5 Å². The van der Waals surface area contributed by atoms with E-state index in [4.69, 9.17) is 32.7 Å². The number of benzene rings is 2. The lowest BCUT2D eigenvalue weighted by Crippen LogP contribution is -2.40. The number of hydrogen-bond acceptors (Lipinski definition) is 4. The first-order chi connectivity index (χ1) is 14.4. The zero-order chi connectivity index (χ0) is 21.8. The van der Waals surface area contributed by atoms with E-state index >= 15 is 0 Å². The molecule has 0 bridgehead atoms. The molecule has 162 valence electrons. The van der Waals surface area contributed by atoms with Crippen LogP contribution in [-0.2, 0) is 4.79 Å². The molecule has 1 heterocycles. The van der Waals surface area contributed by atoms with E-state index in [0.717, 1.165) is 36.4 Å². The van der Waals surface area contributed by atoms with Crippen LogP contribution in [0.3, 0.4) is 0 Å². The Kier molecular flexibility index (Phi) is 7.50. The number of carbonyl (C=O) groups excluding carboxylic acids is 1. The van der Waals surface area contributed by atoms with Crippen LogP contribution in [0.4, 0.5) is 5.69 Å². The van der Waals surface area contributed by atoms with Crippen LogP contribution in [0, 0.1) is 6.92 Å². The number of amides is 1. The normalized spacial score (nSPS) is 15.1. The minimum Gasteiger partial charge on any atom is -0.493 e. The summed E-state index contributed by atoms with van der Waals surface area (Å²) in [6, 6.07) is 9.21. The molecule has 2 aromatic rings. The summed E-state index contributed by atoms with van der Waals surface area (Å²) in [6.07, 6.45) is 2.34. The quantitative estimate of drug-likeness (QED) is 0.557. The molecule has 1 unspecified atom stereocenters. The predicted octanol–water partition coefficient (Wildman–Crippen LogP) is 5.51. The molecule has 1 atom stereocenters. The first kappa shape index (κ1) is 22.7. The van der Waals surface area contributed by atoms with Crippen molar-refractivity contribution in [3.05, 3.63) is 51.5 Å². The highest BCUT2D eigenvalue weighted by Crippen LogP contribution is 2.39. The second-order valence-corrected chi connectivity index (χ2v) is 8.32. The van der Waals surface area contributed by atoms with Crippen molar-refractivity contribution in [2.75, 3.05) is 38.8 Å². The average Bonchev–Trinajstić information content (AvgIpc) is 3.25. The molecule has 1 aliphatic rings. The van der Waals surface area contributed by atoms with Crippen LogP contribution < -0.4 is 14.4 Å². The molecule has 1 fully saturated rings. The lowest BCUT2D eigenvalue weighted by Gasteiger charge is -2.35. The molecule has 0 aromatic heterocycles. The van der Waals surface area contributed by atoms with E-state index in [0.29, 0.717) is 21.5 Å². The van der Waals surface area contributed by atoms with Crippen LogP contribution in [0.2, 0.25) is 10.0 Å². The maximum Gasteiger partial charge on any atom is 0.224 e. The molecule has 0 spiro atoms. The second-order valence-electron chi connectivity index (χ2n) is 7.53. The Bertz CT molecular complexity index is 914. The van der Waals surface area contributed by atoms with Gasteiger partial charge in [-0.3, -0.25) is 4.79 Å². The molecule has 30 heavy (non-hydrogen) atoms. The van der Waals surface area contributed by atoms with Gasteiger partial charge in [0.05, 0.1) is 30.3 Å². The first-order valence-corrected chi connectivity index (χ1v) is 10.8. The number of likely N-dealkylation sites (tertiary alicyclic amines) is 1. The van der Waals surface area contributed by atoms with E-state index in [1.165, 1.54) is 12.8 Å². The number of halogens is 2. The van der Waals surface area contributed by atoms with Crippen molar-refractivity contribution in [1.29, 1.82) is 0 Å². The summed E-state index contributed by atoms with van der Waals surface area (Å²) in [7, 11) is 3.23. The predicted molar refractivity (Wildman–Crippen MR) is 122 cm³/mol. The van der Waals surface area contributed by atoms with Gasteiger partial charge >= 0.3 is 0 Å². The molecule has 0 radical (unpaired) electrons. The van der Waals surface area contributed by atoms with E-state index < -0.39 is 0 Å². The smallest absolute Gasteiger partial charge is 0.224 e. The number of carbonyl (C=O) groups is 1. The number of methoxy groups -OCH3 is 2. The fraction of sp³-hybridized carbons (Fsp3) is 0.435. The van der Waals surface area contributed by atoms with Crippen molar-refractivity contribution in [3.63, 3.8) is 0 Å². The van der Waals surface area contributed by atoms with Crippen LogP contribution >= 0.6 is 23.2 Å². The minimum atomic E-state index is -0.212. The molecule has 1 aliphatic heterocycles. The van der Waals surface area contributed by atoms with E-state index in [9.17, 15) is 4.79 Å². The van der Waals surface area contributed by atoms with Gasteiger partial charge < -0.3 is 19.3 Å². The average molecular weight is 451 g/mol. The van der Waals surface area contributed by atoms with E-state index in [2.05, 4.69) is 4.90 Å². The largest absolute Gasteiger partial charge is 0.493 e. The Morgan fingerprint density at radius 3 is 2.37 bits per heavy atom. The van der Waals surface area contributed by atoms with Gasteiger partial charge in [0, 0.05) is 19.2 Å². The van der Waals surface area contributed by atoms with Gasteiger partial charge in [0.1, 0.15) is 0 Å².